The van der Waals surface area contributed by atoms with E-state index in [1.54, 1.807) is 0 Å². The minimum Gasteiger partial charge on any atom is -0.208 e. The van der Waals surface area contributed by atoms with Gasteiger partial charge in [-0.1, -0.05) is 129 Å². The fourth-order valence-corrected chi connectivity index (χ4v) is 7.74. The van der Waals surface area contributed by atoms with Crippen LogP contribution in [-0.2, 0) is 5.41 Å². The molecule has 6 aromatic carbocycles. The van der Waals surface area contributed by atoms with Crippen LogP contribution in [0.5, 0.6) is 0 Å². The van der Waals surface area contributed by atoms with Crippen LogP contribution in [0.1, 0.15) is 48.9 Å². The van der Waals surface area contributed by atoms with Gasteiger partial charge in [0.15, 0.2) is 17.5 Å². The summed E-state index contributed by atoms with van der Waals surface area (Å²) >= 11 is 0. The summed E-state index contributed by atoms with van der Waals surface area (Å²) in [5.41, 5.74) is 15.0. The van der Waals surface area contributed by atoms with E-state index in [1.165, 1.54) is 22.3 Å². The molecule has 0 atom stereocenters. The van der Waals surface area contributed by atoms with Gasteiger partial charge in [0.1, 0.15) is 0 Å². The molecule has 0 saturated heterocycles. The maximum Gasteiger partial charge on any atom is 0.164 e. The monoisotopic (exact) mass is 680 g/mol. The lowest BCUT2D eigenvalue weighted by molar-refractivity contribution is 0.660. The lowest BCUT2D eigenvalue weighted by Crippen LogP contribution is -2.15. The van der Waals surface area contributed by atoms with Crippen molar-refractivity contribution in [3.8, 4) is 73.6 Å². The van der Waals surface area contributed by atoms with E-state index in [9.17, 15) is 5.26 Å². The first-order valence-electron chi connectivity index (χ1n) is 18.1. The lowest BCUT2D eigenvalue weighted by Gasteiger charge is -2.22. The quantitative estimate of drug-likeness (QED) is 0.175. The van der Waals surface area contributed by atoms with Crippen LogP contribution in [0.4, 0.5) is 0 Å². The van der Waals surface area contributed by atoms with Crippen molar-refractivity contribution in [2.45, 2.75) is 32.1 Å². The summed E-state index contributed by atoms with van der Waals surface area (Å²) in [6.45, 7) is 4.53. The van der Waals surface area contributed by atoms with Crippen LogP contribution in [-0.4, -0.2) is 15.0 Å². The van der Waals surface area contributed by atoms with Crippen LogP contribution in [0.2, 0.25) is 0 Å². The van der Waals surface area contributed by atoms with E-state index in [0.29, 0.717) is 23.0 Å². The van der Waals surface area contributed by atoms with E-state index in [1.807, 2.05) is 48.5 Å². The van der Waals surface area contributed by atoms with E-state index >= 15 is 0 Å². The summed E-state index contributed by atoms with van der Waals surface area (Å²) in [5, 5.41) is 9.58. The number of nitrogens with zero attached hydrogens (tertiary/aromatic N) is 4. The molecule has 2 aliphatic carbocycles. The van der Waals surface area contributed by atoms with Crippen molar-refractivity contribution >= 4 is 5.57 Å². The van der Waals surface area contributed by atoms with Crippen molar-refractivity contribution in [1.82, 2.24) is 15.0 Å². The summed E-state index contributed by atoms with van der Waals surface area (Å²) < 4.78 is 0. The molecule has 2 aliphatic rings. The van der Waals surface area contributed by atoms with Crippen LogP contribution in [0, 0.1) is 11.3 Å². The third-order valence-corrected chi connectivity index (χ3v) is 10.6. The fraction of sp³-hybridized carbons (Fsp3) is 0.102. The Morgan fingerprint density at radius 3 is 1.85 bits per heavy atom. The van der Waals surface area contributed by atoms with Gasteiger partial charge in [-0.2, -0.15) is 5.26 Å². The maximum absolute atomic E-state index is 9.58. The Kier molecular flexibility index (Phi) is 7.98. The topological polar surface area (TPSA) is 62.5 Å². The highest BCUT2D eigenvalue weighted by Crippen LogP contribution is 2.50. The summed E-state index contributed by atoms with van der Waals surface area (Å²) in [6.07, 6.45) is 8.87. The molecular weight excluding hydrogens is 645 g/mol. The largest absolute Gasteiger partial charge is 0.208 e. The van der Waals surface area contributed by atoms with Crippen molar-refractivity contribution < 1.29 is 0 Å². The number of fused-ring (bicyclic) bond motifs is 3. The van der Waals surface area contributed by atoms with Crippen LogP contribution in [0.15, 0.2) is 158 Å². The highest BCUT2D eigenvalue weighted by Gasteiger charge is 2.35. The second-order valence-corrected chi connectivity index (χ2v) is 14.3. The average Bonchev–Trinajstić information content (AvgIpc) is 3.46. The molecule has 0 bridgehead atoms. The molecule has 4 nitrogen and oxygen atoms in total. The normalized spacial score (nSPS) is 13.9. The molecule has 53 heavy (non-hydrogen) atoms. The zero-order valence-electron chi connectivity index (χ0n) is 29.7. The van der Waals surface area contributed by atoms with Gasteiger partial charge in [-0.05, 0) is 111 Å². The molecule has 0 saturated carbocycles. The first-order valence-corrected chi connectivity index (χ1v) is 18.1. The van der Waals surface area contributed by atoms with E-state index in [2.05, 4.69) is 129 Å². The molecule has 252 valence electrons. The van der Waals surface area contributed by atoms with Gasteiger partial charge in [0.2, 0.25) is 0 Å². The second kappa shape index (κ2) is 13.1. The third kappa shape index (κ3) is 5.97. The Bertz CT molecular complexity index is 2640. The highest BCUT2D eigenvalue weighted by atomic mass is 15.0. The standard InChI is InChI=1S/C49H36N4/c1-49(2)44-24-21-32(31-50)25-43(44)42-23-22-37(30-45(42)49)36-19-12-20-38(26-36)47-51-46(35-17-10-5-11-18-35)52-48(53-47)41-28-39(33-13-6-3-7-14-33)27-40(29-41)34-15-8-4-9-16-34/h3,5-8,10-30H,4,9H2,1-2H3. The number of benzene rings is 6. The van der Waals surface area contributed by atoms with Crippen molar-refractivity contribution in [3.63, 3.8) is 0 Å². The minimum absolute atomic E-state index is 0.184. The number of allylic oxidation sites excluding steroid dienone is 4. The Balaban J connectivity index is 1.17. The predicted octanol–water partition coefficient (Wildman–Crippen LogP) is 12.1. The number of hydrogen-bond donors (Lipinski definition) is 0. The Labute approximate surface area is 310 Å². The highest BCUT2D eigenvalue weighted by molar-refractivity contribution is 5.86. The molecule has 0 amide bonds. The minimum atomic E-state index is -0.184. The number of hydrogen-bond acceptors (Lipinski definition) is 4. The smallest absolute Gasteiger partial charge is 0.164 e. The predicted molar refractivity (Wildman–Crippen MR) is 216 cm³/mol. The lowest BCUT2D eigenvalue weighted by atomic mass is 9.81. The molecule has 4 heteroatoms. The Morgan fingerprint density at radius 1 is 0.491 bits per heavy atom. The summed E-state index contributed by atoms with van der Waals surface area (Å²) in [4.78, 5) is 15.4. The number of rotatable bonds is 6. The first kappa shape index (κ1) is 32.2. The molecule has 0 radical (unpaired) electrons. The summed E-state index contributed by atoms with van der Waals surface area (Å²) in [6, 6.07) is 50.9. The van der Waals surface area contributed by atoms with Crippen molar-refractivity contribution in [2.75, 3.05) is 0 Å². The molecular formula is C49H36N4. The fourth-order valence-electron chi connectivity index (χ4n) is 7.74. The van der Waals surface area contributed by atoms with Gasteiger partial charge in [-0.25, -0.2) is 15.0 Å². The zero-order chi connectivity index (χ0) is 35.9. The molecule has 0 N–H and O–H groups in total. The molecule has 0 unspecified atom stereocenters. The van der Waals surface area contributed by atoms with E-state index < -0.39 is 0 Å². The number of aromatic nitrogens is 3. The SMILES string of the molecule is CC1(C)c2ccc(C#N)cc2-c2ccc(-c3cccc(-c4nc(-c5ccccc5)nc(-c5cc(C6=CCCC=C6)cc(-c6ccccc6)c5)n4)c3)cc21. The number of nitriles is 1. The second-order valence-electron chi connectivity index (χ2n) is 14.3. The summed E-state index contributed by atoms with van der Waals surface area (Å²) in [5.74, 6) is 1.89. The first-order chi connectivity index (χ1) is 25.9. The maximum atomic E-state index is 9.58. The van der Waals surface area contributed by atoms with Crippen molar-refractivity contribution in [2.24, 2.45) is 0 Å². The van der Waals surface area contributed by atoms with Crippen LogP contribution >= 0.6 is 0 Å². The van der Waals surface area contributed by atoms with Crippen LogP contribution < -0.4 is 0 Å². The van der Waals surface area contributed by atoms with E-state index in [0.717, 1.165) is 62.9 Å². The molecule has 0 spiro atoms. The van der Waals surface area contributed by atoms with Gasteiger partial charge < -0.3 is 0 Å². The van der Waals surface area contributed by atoms with Crippen LogP contribution in [0.25, 0.3) is 73.1 Å². The molecule has 1 aromatic heterocycles. The van der Waals surface area contributed by atoms with Crippen LogP contribution in [0.3, 0.4) is 0 Å². The van der Waals surface area contributed by atoms with Crippen molar-refractivity contribution in [1.29, 1.82) is 5.26 Å². The molecule has 0 fully saturated rings. The zero-order valence-corrected chi connectivity index (χ0v) is 29.7. The molecule has 7 aromatic rings. The van der Waals surface area contributed by atoms with Gasteiger partial charge in [-0.15, -0.1) is 0 Å². The van der Waals surface area contributed by atoms with Gasteiger partial charge in [-0.3, -0.25) is 0 Å². The van der Waals surface area contributed by atoms with Crippen molar-refractivity contribution in [3.05, 3.63) is 180 Å². The van der Waals surface area contributed by atoms with Gasteiger partial charge in [0.05, 0.1) is 11.6 Å². The summed E-state index contributed by atoms with van der Waals surface area (Å²) in [7, 11) is 0. The molecule has 1 heterocycles. The molecule has 0 aliphatic heterocycles. The average molecular weight is 681 g/mol. The Morgan fingerprint density at radius 2 is 1.11 bits per heavy atom. The van der Waals surface area contributed by atoms with Gasteiger partial charge >= 0.3 is 0 Å². The van der Waals surface area contributed by atoms with Gasteiger partial charge in [0, 0.05) is 22.1 Å². The third-order valence-electron chi connectivity index (χ3n) is 10.6. The van der Waals surface area contributed by atoms with E-state index in [-0.39, 0.29) is 5.41 Å². The van der Waals surface area contributed by atoms with E-state index in [4.69, 9.17) is 15.0 Å². The Hall–Kier alpha value is -6.70. The van der Waals surface area contributed by atoms with Gasteiger partial charge in [0.25, 0.3) is 0 Å². The molecule has 9 rings (SSSR count).